The van der Waals surface area contributed by atoms with Crippen LogP contribution in [0.15, 0.2) is 24.3 Å². The first-order valence-corrected chi connectivity index (χ1v) is 38.2. The molecule has 0 spiro atoms. The number of hydrogen-bond acceptors (Lipinski definition) is 15. The monoisotopic (exact) mass is 1290 g/mol. The molecular formula is C69H130O17P2. The first kappa shape index (κ1) is 85.5. The largest absolute Gasteiger partial charge is 0.472 e. The van der Waals surface area contributed by atoms with E-state index in [1.54, 1.807) is 0 Å². The first-order chi connectivity index (χ1) is 42.3. The predicted octanol–water partition coefficient (Wildman–Crippen LogP) is 19.0. The van der Waals surface area contributed by atoms with E-state index >= 15 is 0 Å². The Labute approximate surface area is 535 Å². The Hall–Kier alpha value is -2.46. The summed E-state index contributed by atoms with van der Waals surface area (Å²) in [5, 5.41) is 10.6. The average molecular weight is 1290 g/mol. The van der Waals surface area contributed by atoms with Gasteiger partial charge in [0.1, 0.15) is 19.3 Å². The lowest BCUT2D eigenvalue weighted by Gasteiger charge is -2.21. The number of aliphatic hydroxyl groups excluding tert-OH is 1. The lowest BCUT2D eigenvalue weighted by Crippen LogP contribution is -2.30. The zero-order valence-corrected chi connectivity index (χ0v) is 58.5. The molecule has 0 aromatic rings. The van der Waals surface area contributed by atoms with Gasteiger partial charge in [-0.1, -0.05) is 265 Å². The molecule has 0 heterocycles. The molecule has 19 heteroatoms. The number of phosphoric acid groups is 2. The third kappa shape index (κ3) is 61.1. The quantitative estimate of drug-likeness (QED) is 0.0169. The Balaban J connectivity index is 5.28. The number of esters is 4. The summed E-state index contributed by atoms with van der Waals surface area (Å²) in [6.45, 7) is 11.7. The summed E-state index contributed by atoms with van der Waals surface area (Å²) in [5.74, 6) is 0.0135. The number of hydrogen-bond donors (Lipinski definition) is 3. The summed E-state index contributed by atoms with van der Waals surface area (Å²) in [4.78, 5) is 72.4. The SMILES string of the molecule is CCCCCC/C=C\C=C/CCCCCCCC(=O)OC[C@H](COP(=O)(O)OCC(O)COP(=O)(O)OC[C@@H](COC(=O)CCCCCCCCCCC(C)C)OC(=O)CCCCCCCCCCCC(C)C)OC(=O)CCCCCCCCC(C)CC. The van der Waals surface area contributed by atoms with Crippen molar-refractivity contribution in [3.63, 3.8) is 0 Å². The van der Waals surface area contributed by atoms with Gasteiger partial charge in [-0.2, -0.15) is 0 Å². The van der Waals surface area contributed by atoms with Crippen LogP contribution in [-0.2, 0) is 65.4 Å². The summed E-state index contributed by atoms with van der Waals surface area (Å²) in [5.41, 5.74) is 0. The highest BCUT2D eigenvalue weighted by Crippen LogP contribution is 2.45. The normalized spacial score (nSPS) is 14.7. The van der Waals surface area contributed by atoms with Crippen LogP contribution in [0.25, 0.3) is 0 Å². The Morgan fingerprint density at radius 2 is 0.670 bits per heavy atom. The molecule has 0 rings (SSSR count). The number of rotatable bonds is 65. The van der Waals surface area contributed by atoms with Gasteiger partial charge < -0.3 is 33.8 Å². The highest BCUT2D eigenvalue weighted by molar-refractivity contribution is 7.47. The fourth-order valence-corrected chi connectivity index (χ4v) is 11.4. The topological polar surface area (TPSA) is 237 Å². The maximum atomic E-state index is 13.0. The Bertz CT molecular complexity index is 1830. The fourth-order valence-electron chi connectivity index (χ4n) is 9.79. The van der Waals surface area contributed by atoms with Gasteiger partial charge in [-0.15, -0.1) is 0 Å². The van der Waals surface area contributed by atoms with Gasteiger partial charge in [-0.25, -0.2) is 9.13 Å². The van der Waals surface area contributed by atoms with Gasteiger partial charge >= 0.3 is 39.5 Å². The molecule has 0 aromatic carbocycles. The summed E-state index contributed by atoms with van der Waals surface area (Å²) >= 11 is 0. The molecule has 0 fully saturated rings. The summed E-state index contributed by atoms with van der Waals surface area (Å²) in [6, 6.07) is 0. The van der Waals surface area contributed by atoms with E-state index in [1.807, 2.05) is 0 Å². The van der Waals surface area contributed by atoms with Gasteiger partial charge in [-0.05, 0) is 69.1 Å². The molecule has 6 atom stereocenters. The van der Waals surface area contributed by atoms with Gasteiger partial charge in [0.05, 0.1) is 26.4 Å². The molecule has 0 aliphatic heterocycles. The van der Waals surface area contributed by atoms with E-state index in [2.05, 4.69) is 72.8 Å². The van der Waals surface area contributed by atoms with Crippen molar-refractivity contribution < 1.29 is 80.2 Å². The van der Waals surface area contributed by atoms with Crippen molar-refractivity contribution in [2.45, 2.75) is 336 Å². The summed E-state index contributed by atoms with van der Waals surface area (Å²) < 4.78 is 68.2. The molecule has 88 heavy (non-hydrogen) atoms. The third-order valence-electron chi connectivity index (χ3n) is 15.6. The number of carbonyl (C=O) groups excluding carboxylic acids is 4. The molecule has 0 saturated heterocycles. The van der Waals surface area contributed by atoms with E-state index in [4.69, 9.17) is 37.0 Å². The maximum Gasteiger partial charge on any atom is 0.472 e. The molecule has 518 valence electrons. The van der Waals surface area contributed by atoms with E-state index in [9.17, 15) is 43.2 Å². The van der Waals surface area contributed by atoms with Crippen LogP contribution in [0.3, 0.4) is 0 Å². The van der Waals surface area contributed by atoms with Crippen molar-refractivity contribution in [1.82, 2.24) is 0 Å². The lowest BCUT2D eigenvalue weighted by molar-refractivity contribution is -0.161. The number of allylic oxidation sites excluding steroid dienone is 4. The van der Waals surface area contributed by atoms with E-state index in [1.165, 1.54) is 109 Å². The van der Waals surface area contributed by atoms with Crippen LogP contribution in [-0.4, -0.2) is 96.7 Å². The summed E-state index contributed by atoms with van der Waals surface area (Å²) in [7, 11) is -9.91. The van der Waals surface area contributed by atoms with E-state index < -0.39 is 97.5 Å². The molecular weight excluding hydrogens is 1160 g/mol. The van der Waals surface area contributed by atoms with Crippen LogP contribution in [0, 0.1) is 17.8 Å². The molecule has 17 nitrogen and oxygen atoms in total. The third-order valence-corrected chi connectivity index (χ3v) is 17.5. The molecule has 0 amide bonds. The van der Waals surface area contributed by atoms with Crippen LogP contribution in [0.2, 0.25) is 0 Å². The Kier molecular flexibility index (Phi) is 57.9. The van der Waals surface area contributed by atoms with Crippen LogP contribution in [0.5, 0.6) is 0 Å². The Morgan fingerprint density at radius 3 is 1.01 bits per heavy atom. The number of phosphoric ester groups is 2. The lowest BCUT2D eigenvalue weighted by atomic mass is 10.00. The van der Waals surface area contributed by atoms with Crippen molar-refractivity contribution in [3.05, 3.63) is 24.3 Å². The van der Waals surface area contributed by atoms with Crippen molar-refractivity contribution in [1.29, 1.82) is 0 Å². The minimum atomic E-state index is -4.96. The van der Waals surface area contributed by atoms with Crippen molar-refractivity contribution in [2.24, 2.45) is 17.8 Å². The predicted molar refractivity (Wildman–Crippen MR) is 354 cm³/mol. The van der Waals surface area contributed by atoms with Crippen LogP contribution >= 0.6 is 15.6 Å². The Morgan fingerprint density at radius 1 is 0.375 bits per heavy atom. The molecule has 0 aliphatic carbocycles. The molecule has 0 aromatic heterocycles. The molecule has 0 aliphatic rings. The fraction of sp³-hybridized carbons (Fsp3) is 0.884. The zero-order valence-electron chi connectivity index (χ0n) is 56.7. The van der Waals surface area contributed by atoms with Gasteiger partial charge in [0.2, 0.25) is 0 Å². The van der Waals surface area contributed by atoms with Crippen molar-refractivity contribution in [2.75, 3.05) is 39.6 Å². The minimum absolute atomic E-state index is 0.0956. The molecule has 4 unspecified atom stereocenters. The number of carbonyl (C=O) groups is 4. The van der Waals surface area contributed by atoms with Crippen LogP contribution < -0.4 is 0 Å². The molecule has 0 saturated carbocycles. The van der Waals surface area contributed by atoms with Gasteiger partial charge in [0, 0.05) is 25.7 Å². The van der Waals surface area contributed by atoms with Gasteiger partial charge in [0.25, 0.3) is 0 Å². The maximum absolute atomic E-state index is 13.0. The smallest absolute Gasteiger partial charge is 0.462 e. The first-order valence-electron chi connectivity index (χ1n) is 35.2. The number of aliphatic hydroxyl groups is 1. The van der Waals surface area contributed by atoms with E-state index in [0.717, 1.165) is 121 Å². The average Bonchev–Trinajstić information content (AvgIpc) is 3.61. The minimum Gasteiger partial charge on any atom is -0.462 e. The second-order valence-electron chi connectivity index (χ2n) is 25.4. The van der Waals surface area contributed by atoms with E-state index in [0.29, 0.717) is 31.6 Å². The molecule has 0 bridgehead atoms. The second kappa shape index (κ2) is 59.5. The molecule has 3 N–H and O–H groups in total. The second-order valence-corrected chi connectivity index (χ2v) is 28.3. The van der Waals surface area contributed by atoms with E-state index in [-0.39, 0.29) is 25.7 Å². The van der Waals surface area contributed by atoms with Crippen LogP contribution in [0.1, 0.15) is 318 Å². The zero-order chi connectivity index (χ0) is 65.2. The number of unbranched alkanes of at least 4 members (excludes halogenated alkanes) is 29. The van der Waals surface area contributed by atoms with Crippen molar-refractivity contribution in [3.8, 4) is 0 Å². The standard InChI is InChI=1S/C69H130O17P2/c1-8-10-11-12-13-14-15-16-17-18-19-22-28-36-43-50-66(71)79-57-65(86-69(74)53-46-39-32-31-35-42-49-62(7)9-2)59-84-88(77,78)82-55-63(70)54-81-87(75,76)83-58-64(56-80-67(72)51-44-37-29-25-24-27-34-41-48-61(5)6)85-68(73)52-45-38-30-23-20-21-26-33-40-47-60(3)4/h14-17,60-65,70H,8-13,18-59H2,1-7H3,(H,75,76)(H,77,78)/b15-14-,17-16-/t62?,63?,64-,65-/m1/s1. The highest BCUT2D eigenvalue weighted by atomic mass is 31.2. The van der Waals surface area contributed by atoms with Gasteiger partial charge in [-0.3, -0.25) is 37.3 Å². The van der Waals surface area contributed by atoms with Crippen molar-refractivity contribution >= 4 is 39.5 Å². The molecule has 0 radical (unpaired) electrons. The van der Waals surface area contributed by atoms with Gasteiger partial charge in [0.15, 0.2) is 12.2 Å². The summed E-state index contributed by atoms with van der Waals surface area (Å²) in [6.07, 6.45) is 45.4. The number of ether oxygens (including phenoxy) is 4. The van der Waals surface area contributed by atoms with Crippen LogP contribution in [0.4, 0.5) is 0 Å². The highest BCUT2D eigenvalue weighted by Gasteiger charge is 2.30.